The van der Waals surface area contributed by atoms with E-state index < -0.39 is 0 Å². The summed E-state index contributed by atoms with van der Waals surface area (Å²) in [6.45, 7) is 5.45. The summed E-state index contributed by atoms with van der Waals surface area (Å²) in [4.78, 5) is 10.3. The summed E-state index contributed by atoms with van der Waals surface area (Å²) < 4.78 is 4.77. The molecule has 0 aromatic carbocycles. The molecule has 0 heterocycles. The lowest BCUT2D eigenvalue weighted by Crippen LogP contribution is -1.99. The number of ether oxygens (including phenoxy) is 1. The average Bonchev–Trinajstić information content (AvgIpc) is 2.02. The number of unbranched alkanes of at least 4 members (excludes halogenated alkanes) is 3. The Bertz CT molecular complexity index is 161. The van der Waals surface area contributed by atoms with Gasteiger partial charge in [0, 0.05) is 6.92 Å². The highest BCUT2D eigenvalue weighted by Gasteiger charge is 1.91. The molecule has 0 aliphatic rings. The van der Waals surface area contributed by atoms with E-state index >= 15 is 0 Å². The topological polar surface area (TPSA) is 26.3 Å². The Balaban J connectivity index is 3.00. The second kappa shape index (κ2) is 8.09. The molecule has 0 spiro atoms. The van der Waals surface area contributed by atoms with E-state index in [-0.39, 0.29) is 5.97 Å². The molecule has 0 atom stereocenters. The first-order valence-electron chi connectivity index (χ1n) is 4.25. The minimum absolute atomic E-state index is 0.194. The monoisotopic (exact) mass is 168 g/mol. The van der Waals surface area contributed by atoms with Gasteiger partial charge in [0.15, 0.2) is 0 Å². The Kier molecular flexibility index (Phi) is 7.41. The van der Waals surface area contributed by atoms with Gasteiger partial charge in [0.05, 0.1) is 6.61 Å². The zero-order chi connectivity index (χ0) is 9.23. The highest BCUT2D eigenvalue weighted by Crippen LogP contribution is 2.00. The zero-order valence-corrected chi connectivity index (χ0v) is 7.64. The molecule has 2 nitrogen and oxygen atoms in total. The normalized spacial score (nSPS) is 8.75. The van der Waals surface area contributed by atoms with Crippen molar-refractivity contribution in [1.82, 2.24) is 0 Å². The van der Waals surface area contributed by atoms with Gasteiger partial charge in [0.2, 0.25) is 0 Å². The number of hydrogen-bond acceptors (Lipinski definition) is 2. The standard InChI is InChI=1S/C10H16O2/c1-3-4-5-6-7-8-9-12-10(2)11/h4H,1,5-9H2,2H3. The first-order chi connectivity index (χ1) is 5.77. The lowest BCUT2D eigenvalue weighted by molar-refractivity contribution is -0.141. The molecule has 0 aliphatic carbocycles. The van der Waals surface area contributed by atoms with Gasteiger partial charge < -0.3 is 4.74 Å². The number of carbonyl (C=O) groups is 1. The lowest BCUT2D eigenvalue weighted by Gasteiger charge is -1.99. The van der Waals surface area contributed by atoms with Crippen LogP contribution in [0, 0.1) is 0 Å². The molecule has 2 heteroatoms. The fourth-order valence-electron chi connectivity index (χ4n) is 0.843. The number of rotatable bonds is 6. The van der Waals surface area contributed by atoms with E-state index in [0.717, 1.165) is 25.7 Å². The van der Waals surface area contributed by atoms with Gasteiger partial charge in [-0.15, -0.1) is 5.73 Å². The molecule has 0 saturated carbocycles. The van der Waals surface area contributed by atoms with E-state index in [1.54, 1.807) is 0 Å². The summed E-state index contributed by atoms with van der Waals surface area (Å²) in [5.74, 6) is -0.194. The van der Waals surface area contributed by atoms with Crippen LogP contribution in [-0.2, 0) is 9.53 Å². The molecule has 0 N–H and O–H groups in total. The third-order valence-corrected chi connectivity index (χ3v) is 1.44. The SMILES string of the molecule is C=C=CCCCCCOC(C)=O. The van der Waals surface area contributed by atoms with Crippen LogP contribution < -0.4 is 0 Å². The van der Waals surface area contributed by atoms with Crippen molar-refractivity contribution in [2.45, 2.75) is 32.6 Å². The van der Waals surface area contributed by atoms with Crippen molar-refractivity contribution in [2.75, 3.05) is 6.61 Å². The van der Waals surface area contributed by atoms with Crippen LogP contribution in [0.5, 0.6) is 0 Å². The smallest absolute Gasteiger partial charge is 0.302 e. The second-order valence-corrected chi connectivity index (χ2v) is 2.60. The fourth-order valence-corrected chi connectivity index (χ4v) is 0.843. The Morgan fingerprint density at radius 1 is 1.50 bits per heavy atom. The molecule has 0 rings (SSSR count). The molecule has 0 saturated heterocycles. The molecule has 0 unspecified atom stereocenters. The van der Waals surface area contributed by atoms with Crippen LogP contribution in [0.4, 0.5) is 0 Å². The van der Waals surface area contributed by atoms with E-state index in [2.05, 4.69) is 12.3 Å². The van der Waals surface area contributed by atoms with Crippen LogP contribution in [0.3, 0.4) is 0 Å². The summed E-state index contributed by atoms with van der Waals surface area (Å²) in [6.07, 6.45) is 6.09. The van der Waals surface area contributed by atoms with E-state index in [9.17, 15) is 4.79 Å². The molecule has 68 valence electrons. The van der Waals surface area contributed by atoms with Crippen molar-refractivity contribution >= 4 is 5.97 Å². The predicted octanol–water partition coefficient (Wildman–Crippen LogP) is 2.45. The number of hydrogen-bond donors (Lipinski definition) is 0. The molecule has 0 fully saturated rings. The number of esters is 1. The summed E-state index contributed by atoms with van der Waals surface area (Å²) in [6, 6.07) is 0. The van der Waals surface area contributed by atoms with Crippen molar-refractivity contribution in [2.24, 2.45) is 0 Å². The van der Waals surface area contributed by atoms with E-state index in [4.69, 9.17) is 4.74 Å². The summed E-state index contributed by atoms with van der Waals surface area (Å²) in [5.41, 5.74) is 2.72. The quantitative estimate of drug-likeness (QED) is 0.346. The molecule has 0 bridgehead atoms. The van der Waals surface area contributed by atoms with Gasteiger partial charge in [0.25, 0.3) is 0 Å². The maximum atomic E-state index is 10.3. The minimum Gasteiger partial charge on any atom is -0.466 e. The molecular formula is C10H16O2. The zero-order valence-electron chi connectivity index (χ0n) is 7.64. The van der Waals surface area contributed by atoms with Crippen molar-refractivity contribution in [3.8, 4) is 0 Å². The predicted molar refractivity (Wildman–Crippen MR) is 48.8 cm³/mol. The van der Waals surface area contributed by atoms with Gasteiger partial charge in [0.1, 0.15) is 0 Å². The summed E-state index contributed by atoms with van der Waals surface area (Å²) in [7, 11) is 0. The Labute approximate surface area is 73.9 Å². The fraction of sp³-hybridized carbons (Fsp3) is 0.600. The highest BCUT2D eigenvalue weighted by molar-refractivity contribution is 5.65. The largest absolute Gasteiger partial charge is 0.466 e. The Hall–Kier alpha value is -1.01. The molecular weight excluding hydrogens is 152 g/mol. The first kappa shape index (κ1) is 11.0. The third kappa shape index (κ3) is 8.99. The highest BCUT2D eigenvalue weighted by atomic mass is 16.5. The average molecular weight is 168 g/mol. The molecule has 0 aromatic rings. The first-order valence-corrected chi connectivity index (χ1v) is 4.25. The second-order valence-electron chi connectivity index (χ2n) is 2.60. The van der Waals surface area contributed by atoms with Crippen LogP contribution in [0.1, 0.15) is 32.6 Å². The van der Waals surface area contributed by atoms with Gasteiger partial charge in [-0.05, 0) is 31.8 Å². The van der Waals surface area contributed by atoms with Crippen LogP contribution in [0.25, 0.3) is 0 Å². The summed E-state index contributed by atoms with van der Waals surface area (Å²) in [5, 5.41) is 0. The van der Waals surface area contributed by atoms with Crippen LogP contribution in [0.2, 0.25) is 0 Å². The molecule has 12 heavy (non-hydrogen) atoms. The van der Waals surface area contributed by atoms with Crippen LogP contribution in [-0.4, -0.2) is 12.6 Å². The van der Waals surface area contributed by atoms with Crippen LogP contribution in [0.15, 0.2) is 18.4 Å². The molecule has 0 aromatic heterocycles. The van der Waals surface area contributed by atoms with Crippen molar-refractivity contribution < 1.29 is 9.53 Å². The van der Waals surface area contributed by atoms with Crippen molar-refractivity contribution in [3.63, 3.8) is 0 Å². The maximum absolute atomic E-state index is 10.3. The van der Waals surface area contributed by atoms with Crippen molar-refractivity contribution in [3.05, 3.63) is 18.4 Å². The third-order valence-electron chi connectivity index (χ3n) is 1.44. The van der Waals surface area contributed by atoms with Gasteiger partial charge in [-0.3, -0.25) is 4.79 Å². The van der Waals surface area contributed by atoms with E-state index in [1.165, 1.54) is 6.92 Å². The molecule has 0 radical (unpaired) electrons. The summed E-state index contributed by atoms with van der Waals surface area (Å²) >= 11 is 0. The maximum Gasteiger partial charge on any atom is 0.302 e. The van der Waals surface area contributed by atoms with Gasteiger partial charge >= 0.3 is 5.97 Å². The van der Waals surface area contributed by atoms with Crippen molar-refractivity contribution in [1.29, 1.82) is 0 Å². The number of allylic oxidation sites excluding steroid dienone is 1. The number of carbonyl (C=O) groups excluding carboxylic acids is 1. The van der Waals surface area contributed by atoms with Gasteiger partial charge in [-0.1, -0.05) is 6.58 Å². The lowest BCUT2D eigenvalue weighted by atomic mass is 10.2. The molecule has 0 amide bonds. The van der Waals surface area contributed by atoms with E-state index in [1.807, 2.05) is 6.08 Å². The Morgan fingerprint density at radius 2 is 2.25 bits per heavy atom. The van der Waals surface area contributed by atoms with Crippen LogP contribution >= 0.6 is 0 Å². The van der Waals surface area contributed by atoms with Gasteiger partial charge in [-0.25, -0.2) is 0 Å². The van der Waals surface area contributed by atoms with E-state index in [0.29, 0.717) is 6.61 Å². The Morgan fingerprint density at radius 3 is 2.83 bits per heavy atom. The molecule has 0 aliphatic heterocycles. The minimum atomic E-state index is -0.194. The van der Waals surface area contributed by atoms with Gasteiger partial charge in [-0.2, -0.15) is 0 Å².